The van der Waals surface area contributed by atoms with Crippen LogP contribution in [0.4, 0.5) is 5.69 Å². The topological polar surface area (TPSA) is 89.8 Å². The van der Waals surface area contributed by atoms with Gasteiger partial charge in [-0.15, -0.1) is 0 Å². The Balaban J connectivity index is 2.78. The van der Waals surface area contributed by atoms with Crippen molar-refractivity contribution in [2.75, 3.05) is 20.2 Å². The third kappa shape index (κ3) is 7.04. The van der Waals surface area contributed by atoms with E-state index in [0.29, 0.717) is 18.7 Å². The first-order chi connectivity index (χ1) is 12.4. The fourth-order valence-corrected chi connectivity index (χ4v) is 2.43. The number of unbranched alkanes of at least 4 members (excludes halogenated alkanes) is 2. The quantitative estimate of drug-likeness (QED) is 0.209. The van der Waals surface area contributed by atoms with Crippen LogP contribution in [0.1, 0.15) is 38.7 Å². The SMILES string of the molecule is CCCCCN(CC(C)C(=O)OC)C(=O)/C=C/c1ccc([N+](=O)[O-])cc1. The van der Waals surface area contributed by atoms with Gasteiger partial charge in [-0.1, -0.05) is 26.7 Å². The molecule has 0 saturated heterocycles. The standard InChI is InChI=1S/C19H26N2O5/c1-4-5-6-13-20(14-15(2)19(23)26-3)18(22)12-9-16-7-10-17(11-8-16)21(24)25/h7-12,15H,4-6,13-14H2,1-3H3/b12-9+. The summed E-state index contributed by atoms with van der Waals surface area (Å²) in [5.41, 5.74) is 0.694. The van der Waals surface area contributed by atoms with E-state index in [4.69, 9.17) is 4.74 Å². The molecule has 142 valence electrons. The highest BCUT2D eigenvalue weighted by Gasteiger charge is 2.20. The maximum atomic E-state index is 12.5. The van der Waals surface area contributed by atoms with E-state index in [1.54, 1.807) is 30.0 Å². The Morgan fingerprint density at radius 1 is 1.27 bits per heavy atom. The van der Waals surface area contributed by atoms with Gasteiger partial charge in [0.25, 0.3) is 5.69 Å². The molecule has 0 N–H and O–H groups in total. The molecule has 0 bridgehead atoms. The lowest BCUT2D eigenvalue weighted by Crippen LogP contribution is -2.37. The molecule has 1 amide bonds. The highest BCUT2D eigenvalue weighted by atomic mass is 16.6. The lowest BCUT2D eigenvalue weighted by molar-refractivity contribution is -0.384. The lowest BCUT2D eigenvalue weighted by atomic mass is 10.1. The number of hydrogen-bond donors (Lipinski definition) is 0. The number of nitro benzene ring substituents is 1. The number of hydrogen-bond acceptors (Lipinski definition) is 5. The highest BCUT2D eigenvalue weighted by molar-refractivity contribution is 5.92. The summed E-state index contributed by atoms with van der Waals surface area (Å²) in [5, 5.41) is 10.7. The van der Waals surface area contributed by atoms with Crippen LogP contribution in [0, 0.1) is 16.0 Å². The molecule has 1 atom stereocenters. The van der Waals surface area contributed by atoms with Crippen LogP contribution in [0.15, 0.2) is 30.3 Å². The van der Waals surface area contributed by atoms with Crippen molar-refractivity contribution in [3.05, 3.63) is 46.0 Å². The van der Waals surface area contributed by atoms with Crippen molar-refractivity contribution in [3.63, 3.8) is 0 Å². The number of nitro groups is 1. The lowest BCUT2D eigenvalue weighted by Gasteiger charge is -2.24. The van der Waals surface area contributed by atoms with E-state index in [9.17, 15) is 19.7 Å². The van der Waals surface area contributed by atoms with Gasteiger partial charge in [0.05, 0.1) is 18.0 Å². The molecule has 0 heterocycles. The van der Waals surface area contributed by atoms with E-state index < -0.39 is 10.8 Å². The van der Waals surface area contributed by atoms with Crippen LogP contribution >= 0.6 is 0 Å². The predicted octanol–water partition coefficient (Wildman–Crippen LogP) is 3.44. The molecule has 7 heteroatoms. The van der Waals surface area contributed by atoms with Crippen LogP contribution in [0.3, 0.4) is 0 Å². The number of esters is 1. The molecule has 1 rings (SSSR count). The number of nitrogens with zero attached hydrogens (tertiary/aromatic N) is 2. The molecule has 0 saturated carbocycles. The van der Waals surface area contributed by atoms with Gasteiger partial charge >= 0.3 is 5.97 Å². The normalized spacial score (nSPS) is 12.0. The largest absolute Gasteiger partial charge is 0.469 e. The molecule has 1 aromatic carbocycles. The monoisotopic (exact) mass is 362 g/mol. The second-order valence-electron chi connectivity index (χ2n) is 6.10. The fraction of sp³-hybridized carbons (Fsp3) is 0.474. The number of benzene rings is 1. The number of methoxy groups -OCH3 is 1. The van der Waals surface area contributed by atoms with Gasteiger partial charge in [-0.3, -0.25) is 19.7 Å². The van der Waals surface area contributed by atoms with E-state index in [1.165, 1.54) is 25.3 Å². The van der Waals surface area contributed by atoms with Gasteiger partial charge in [0.1, 0.15) is 0 Å². The van der Waals surface area contributed by atoms with Gasteiger partial charge in [0.2, 0.25) is 5.91 Å². The zero-order valence-electron chi connectivity index (χ0n) is 15.5. The van der Waals surface area contributed by atoms with Crippen LogP contribution in [0.25, 0.3) is 6.08 Å². The third-order valence-corrected chi connectivity index (χ3v) is 3.96. The molecule has 7 nitrogen and oxygen atoms in total. The molecule has 1 unspecified atom stereocenters. The second kappa shape index (κ2) is 11.0. The summed E-state index contributed by atoms with van der Waals surface area (Å²) in [6.07, 6.45) is 5.94. The molecule has 0 aromatic heterocycles. The minimum Gasteiger partial charge on any atom is -0.469 e. The van der Waals surface area contributed by atoms with Gasteiger partial charge in [-0.25, -0.2) is 0 Å². The van der Waals surface area contributed by atoms with Crippen molar-refractivity contribution in [2.24, 2.45) is 5.92 Å². The van der Waals surface area contributed by atoms with E-state index in [-0.39, 0.29) is 17.6 Å². The number of rotatable bonds is 10. The Hall–Kier alpha value is -2.70. The Kier molecular flexibility index (Phi) is 9.05. The summed E-state index contributed by atoms with van der Waals surface area (Å²) < 4.78 is 4.73. The van der Waals surface area contributed by atoms with Crippen molar-refractivity contribution in [2.45, 2.75) is 33.1 Å². The first kappa shape index (κ1) is 21.3. The molecule has 1 aromatic rings. The Morgan fingerprint density at radius 2 is 1.92 bits per heavy atom. The van der Waals surface area contributed by atoms with Gasteiger partial charge < -0.3 is 9.64 Å². The van der Waals surface area contributed by atoms with Gasteiger partial charge in [-0.05, 0) is 30.2 Å². The molecule has 0 aliphatic rings. The van der Waals surface area contributed by atoms with Crippen LogP contribution in [0.5, 0.6) is 0 Å². The number of ether oxygens (including phenoxy) is 1. The first-order valence-corrected chi connectivity index (χ1v) is 8.68. The van der Waals surface area contributed by atoms with E-state index in [0.717, 1.165) is 19.3 Å². The maximum absolute atomic E-state index is 12.5. The maximum Gasteiger partial charge on any atom is 0.310 e. The van der Waals surface area contributed by atoms with E-state index >= 15 is 0 Å². The number of amides is 1. The molecule has 26 heavy (non-hydrogen) atoms. The molecular formula is C19H26N2O5. The minimum absolute atomic E-state index is 0.00146. The minimum atomic E-state index is -0.470. The number of non-ortho nitro benzene ring substituents is 1. The Morgan fingerprint density at radius 3 is 2.46 bits per heavy atom. The fourth-order valence-electron chi connectivity index (χ4n) is 2.43. The van der Waals surface area contributed by atoms with Crippen molar-refractivity contribution in [1.82, 2.24) is 4.90 Å². The summed E-state index contributed by atoms with van der Waals surface area (Å²) in [4.78, 5) is 36.0. The molecule has 0 aliphatic heterocycles. The number of carbonyl (C=O) groups is 2. The average molecular weight is 362 g/mol. The Bertz CT molecular complexity index is 640. The zero-order valence-corrected chi connectivity index (χ0v) is 15.5. The van der Waals surface area contributed by atoms with E-state index in [1.807, 2.05) is 0 Å². The second-order valence-corrected chi connectivity index (χ2v) is 6.10. The summed E-state index contributed by atoms with van der Waals surface area (Å²) in [6, 6.07) is 5.95. The first-order valence-electron chi connectivity index (χ1n) is 8.68. The van der Waals surface area contributed by atoms with Crippen LogP contribution in [0.2, 0.25) is 0 Å². The molecule has 0 spiro atoms. The molecule has 0 fully saturated rings. The zero-order chi connectivity index (χ0) is 19.5. The highest BCUT2D eigenvalue weighted by Crippen LogP contribution is 2.13. The van der Waals surface area contributed by atoms with Crippen molar-refractivity contribution >= 4 is 23.6 Å². The predicted molar refractivity (Wildman–Crippen MR) is 99.4 cm³/mol. The summed E-state index contributed by atoms with van der Waals surface area (Å²) in [6.45, 7) is 4.67. The molecule has 0 radical (unpaired) electrons. The van der Waals surface area contributed by atoms with E-state index in [2.05, 4.69) is 6.92 Å². The third-order valence-electron chi connectivity index (χ3n) is 3.96. The van der Waals surface area contributed by atoms with Crippen LogP contribution in [-0.2, 0) is 14.3 Å². The van der Waals surface area contributed by atoms with Crippen molar-refractivity contribution in [3.8, 4) is 0 Å². The van der Waals surface area contributed by atoms with Crippen LogP contribution < -0.4 is 0 Å². The van der Waals surface area contributed by atoms with Crippen molar-refractivity contribution in [1.29, 1.82) is 0 Å². The van der Waals surface area contributed by atoms with Crippen LogP contribution in [-0.4, -0.2) is 41.9 Å². The summed E-state index contributed by atoms with van der Waals surface area (Å²) >= 11 is 0. The molecular weight excluding hydrogens is 336 g/mol. The van der Waals surface area contributed by atoms with Crippen molar-refractivity contribution < 1.29 is 19.2 Å². The van der Waals surface area contributed by atoms with Gasteiger partial charge in [0.15, 0.2) is 0 Å². The van der Waals surface area contributed by atoms with Gasteiger partial charge in [0, 0.05) is 31.3 Å². The Labute approximate surface area is 153 Å². The summed E-state index contributed by atoms with van der Waals surface area (Å²) in [7, 11) is 1.33. The molecule has 0 aliphatic carbocycles. The number of carbonyl (C=O) groups excluding carboxylic acids is 2. The average Bonchev–Trinajstić information content (AvgIpc) is 2.64. The van der Waals surface area contributed by atoms with Gasteiger partial charge in [-0.2, -0.15) is 0 Å². The summed E-state index contributed by atoms with van der Waals surface area (Å²) in [5.74, 6) is -0.953. The smallest absolute Gasteiger partial charge is 0.310 e.